The summed E-state index contributed by atoms with van der Waals surface area (Å²) in [6, 6.07) is 26.1. The molecule has 0 unspecified atom stereocenters. The first-order chi connectivity index (χ1) is 23.7. The Hall–Kier alpha value is -3.52. The van der Waals surface area contributed by atoms with E-state index in [2.05, 4.69) is 115 Å². The van der Waals surface area contributed by atoms with Crippen molar-refractivity contribution in [3.05, 3.63) is 106 Å². The zero-order chi connectivity index (χ0) is 34.6. The maximum atomic E-state index is 6.76. The molecule has 2 aliphatic rings. The van der Waals surface area contributed by atoms with Crippen molar-refractivity contribution < 1.29 is 9.47 Å². The second-order valence-electron chi connectivity index (χ2n) is 15.9. The molecule has 1 spiro atoms. The summed E-state index contributed by atoms with van der Waals surface area (Å²) in [5.41, 5.74) is 14.4. The Kier molecular flexibility index (Phi) is 10.9. The molecule has 0 aromatic heterocycles. The first-order valence-electron chi connectivity index (χ1n) is 19.5. The van der Waals surface area contributed by atoms with Gasteiger partial charge in [0.1, 0.15) is 0 Å². The van der Waals surface area contributed by atoms with E-state index >= 15 is 0 Å². The van der Waals surface area contributed by atoms with E-state index in [0.717, 1.165) is 37.6 Å². The molecule has 2 nitrogen and oxygen atoms in total. The van der Waals surface area contributed by atoms with Crippen molar-refractivity contribution in [1.29, 1.82) is 0 Å². The average Bonchev–Trinajstić information content (AvgIpc) is 3.52. The van der Waals surface area contributed by atoms with Gasteiger partial charge in [-0.05, 0) is 94.3 Å². The van der Waals surface area contributed by atoms with Gasteiger partial charge in [-0.1, -0.05) is 165 Å². The van der Waals surface area contributed by atoms with Crippen LogP contribution in [0.4, 0.5) is 0 Å². The predicted molar refractivity (Wildman–Crippen MR) is 209 cm³/mol. The SMILES string of the molecule is CCCCCCCCOc1cc2c(cc1OCCCCCCCC)C1(c3cc(C)ccc3-c3ccc(C)cc31)c1cc(C(C)(C)C)ccc1-2. The normalized spacial score (nSPS) is 13.7. The molecule has 0 saturated carbocycles. The molecule has 0 atom stereocenters. The van der Waals surface area contributed by atoms with Crippen LogP contribution in [0.5, 0.6) is 11.5 Å². The summed E-state index contributed by atoms with van der Waals surface area (Å²) in [6.07, 6.45) is 15.0. The van der Waals surface area contributed by atoms with Crippen LogP contribution in [0, 0.1) is 13.8 Å². The largest absolute Gasteiger partial charge is 0.490 e. The van der Waals surface area contributed by atoms with Crippen LogP contribution in [0.3, 0.4) is 0 Å². The van der Waals surface area contributed by atoms with E-state index in [1.807, 2.05) is 0 Å². The summed E-state index contributed by atoms with van der Waals surface area (Å²) in [6.45, 7) is 17.5. The van der Waals surface area contributed by atoms with Gasteiger partial charge in [0.2, 0.25) is 0 Å². The smallest absolute Gasteiger partial charge is 0.161 e. The molecule has 260 valence electrons. The molecule has 0 N–H and O–H groups in total. The van der Waals surface area contributed by atoms with E-state index in [9.17, 15) is 0 Å². The van der Waals surface area contributed by atoms with Crippen LogP contribution in [0.15, 0.2) is 66.7 Å². The van der Waals surface area contributed by atoms with Gasteiger partial charge in [-0.25, -0.2) is 0 Å². The third-order valence-corrected chi connectivity index (χ3v) is 11.0. The summed E-state index contributed by atoms with van der Waals surface area (Å²) in [5, 5.41) is 0. The Labute approximate surface area is 297 Å². The number of benzene rings is 4. The molecule has 4 aromatic carbocycles. The predicted octanol–water partition coefficient (Wildman–Crippen LogP) is 13.4. The number of aryl methyl sites for hydroxylation is 2. The first kappa shape index (κ1) is 35.3. The van der Waals surface area contributed by atoms with E-state index in [1.54, 1.807) is 0 Å². The zero-order valence-corrected chi connectivity index (χ0v) is 31.6. The van der Waals surface area contributed by atoms with Crippen LogP contribution in [-0.4, -0.2) is 13.2 Å². The van der Waals surface area contributed by atoms with Crippen molar-refractivity contribution in [2.45, 2.75) is 136 Å². The molecule has 2 heteroatoms. The quantitative estimate of drug-likeness (QED) is 0.0965. The van der Waals surface area contributed by atoms with Gasteiger partial charge in [0.25, 0.3) is 0 Å². The Morgan fingerprint density at radius 1 is 0.469 bits per heavy atom. The number of hydrogen-bond donors (Lipinski definition) is 0. The molecule has 0 amide bonds. The van der Waals surface area contributed by atoms with Crippen molar-refractivity contribution in [1.82, 2.24) is 0 Å². The molecule has 6 rings (SSSR count). The van der Waals surface area contributed by atoms with Crippen LogP contribution < -0.4 is 9.47 Å². The van der Waals surface area contributed by atoms with Gasteiger partial charge in [0.15, 0.2) is 11.5 Å². The highest BCUT2D eigenvalue weighted by Crippen LogP contribution is 2.64. The minimum absolute atomic E-state index is 0.0330. The van der Waals surface area contributed by atoms with Crippen LogP contribution in [-0.2, 0) is 10.8 Å². The zero-order valence-electron chi connectivity index (χ0n) is 31.6. The first-order valence-corrected chi connectivity index (χ1v) is 19.5. The lowest BCUT2D eigenvalue weighted by Crippen LogP contribution is -2.27. The molecule has 0 aliphatic heterocycles. The third-order valence-electron chi connectivity index (χ3n) is 11.0. The van der Waals surface area contributed by atoms with Gasteiger partial charge in [0, 0.05) is 0 Å². The van der Waals surface area contributed by atoms with E-state index in [1.165, 1.54) is 125 Å². The molecule has 4 aromatic rings. The minimum atomic E-state index is -0.412. The molecule has 49 heavy (non-hydrogen) atoms. The van der Waals surface area contributed by atoms with Crippen molar-refractivity contribution in [3.63, 3.8) is 0 Å². The highest BCUT2D eigenvalue weighted by atomic mass is 16.5. The number of fused-ring (bicyclic) bond motifs is 10. The van der Waals surface area contributed by atoms with Gasteiger partial charge in [0.05, 0.1) is 18.6 Å². The molecule has 0 bridgehead atoms. The van der Waals surface area contributed by atoms with Crippen molar-refractivity contribution in [3.8, 4) is 33.8 Å². The summed E-state index contributed by atoms with van der Waals surface area (Å²) >= 11 is 0. The molecule has 0 fully saturated rings. The van der Waals surface area contributed by atoms with Crippen LogP contribution in [0.1, 0.15) is 151 Å². The fraction of sp³-hybridized carbons (Fsp3) is 0.489. The van der Waals surface area contributed by atoms with E-state index in [0.29, 0.717) is 0 Å². The summed E-state index contributed by atoms with van der Waals surface area (Å²) in [7, 11) is 0. The van der Waals surface area contributed by atoms with Crippen molar-refractivity contribution in [2.75, 3.05) is 13.2 Å². The van der Waals surface area contributed by atoms with E-state index in [4.69, 9.17) is 9.47 Å². The minimum Gasteiger partial charge on any atom is -0.490 e. The van der Waals surface area contributed by atoms with Crippen molar-refractivity contribution in [2.24, 2.45) is 0 Å². The fourth-order valence-corrected chi connectivity index (χ4v) is 8.28. The maximum absolute atomic E-state index is 6.76. The fourth-order valence-electron chi connectivity index (χ4n) is 8.28. The Morgan fingerprint density at radius 2 is 0.898 bits per heavy atom. The number of ether oxygens (including phenoxy) is 2. The standard InChI is InChI=1S/C47H60O2/c1-8-10-12-14-16-18-26-48-44-31-39-38-25-22-35(46(5,6)7)30-42(38)47(43(39)32-45(44)49-27-19-17-15-13-11-9-2)40-28-33(3)20-23-36(40)37-24-21-34(4)29-41(37)47/h20-25,28-32H,8-19,26-27H2,1-7H3. The average molecular weight is 657 g/mol. The maximum Gasteiger partial charge on any atom is 0.161 e. The number of hydrogen-bond acceptors (Lipinski definition) is 2. The lowest BCUT2D eigenvalue weighted by atomic mass is 9.69. The number of unbranched alkanes of at least 4 members (excludes halogenated alkanes) is 10. The monoisotopic (exact) mass is 656 g/mol. The highest BCUT2D eigenvalue weighted by Gasteiger charge is 2.52. The Morgan fingerprint density at radius 3 is 1.43 bits per heavy atom. The number of rotatable bonds is 16. The van der Waals surface area contributed by atoms with Crippen LogP contribution in [0.25, 0.3) is 22.3 Å². The Bertz CT molecular complexity index is 1700. The Balaban J connectivity index is 1.48. The van der Waals surface area contributed by atoms with Gasteiger partial charge in [-0.2, -0.15) is 0 Å². The van der Waals surface area contributed by atoms with Crippen molar-refractivity contribution >= 4 is 0 Å². The van der Waals surface area contributed by atoms with Crippen LogP contribution in [0.2, 0.25) is 0 Å². The van der Waals surface area contributed by atoms with Gasteiger partial charge in [-0.15, -0.1) is 0 Å². The van der Waals surface area contributed by atoms with E-state index in [-0.39, 0.29) is 5.41 Å². The van der Waals surface area contributed by atoms with Gasteiger partial charge in [-0.3, -0.25) is 0 Å². The lowest BCUT2D eigenvalue weighted by Gasteiger charge is -2.32. The summed E-state index contributed by atoms with van der Waals surface area (Å²) in [4.78, 5) is 0. The molecule has 0 heterocycles. The van der Waals surface area contributed by atoms with Gasteiger partial charge >= 0.3 is 0 Å². The summed E-state index contributed by atoms with van der Waals surface area (Å²) in [5.74, 6) is 1.80. The molecule has 0 radical (unpaired) electrons. The third kappa shape index (κ3) is 6.95. The molecule has 0 saturated heterocycles. The molecular formula is C47H60O2. The van der Waals surface area contributed by atoms with Crippen LogP contribution >= 0.6 is 0 Å². The second kappa shape index (κ2) is 15.2. The topological polar surface area (TPSA) is 18.5 Å². The molecule has 2 aliphatic carbocycles. The lowest BCUT2D eigenvalue weighted by molar-refractivity contribution is 0.258. The molecular weight excluding hydrogens is 597 g/mol. The second-order valence-corrected chi connectivity index (χ2v) is 15.9. The van der Waals surface area contributed by atoms with E-state index < -0.39 is 5.41 Å². The highest BCUT2D eigenvalue weighted by molar-refractivity contribution is 5.96. The van der Waals surface area contributed by atoms with Gasteiger partial charge < -0.3 is 9.47 Å². The summed E-state index contributed by atoms with van der Waals surface area (Å²) < 4.78 is 13.4.